The Hall–Kier alpha value is -3.36. The predicted molar refractivity (Wildman–Crippen MR) is 89.7 cm³/mol. The molecule has 138 valence electrons. The summed E-state index contributed by atoms with van der Waals surface area (Å²) >= 11 is 0. The van der Waals surface area contributed by atoms with Gasteiger partial charge in [-0.1, -0.05) is 12.1 Å². The van der Waals surface area contributed by atoms with Crippen molar-refractivity contribution in [3.8, 4) is 5.75 Å². The third-order valence-corrected chi connectivity index (χ3v) is 3.38. The monoisotopic (exact) mass is 362 g/mol. The van der Waals surface area contributed by atoms with Crippen molar-refractivity contribution < 1.29 is 28.4 Å². The smallest absolute Gasteiger partial charge is 0.433 e. The number of benzene rings is 1. The molecule has 1 aromatic carbocycles. The fourth-order valence-electron chi connectivity index (χ4n) is 2.06. The van der Waals surface area contributed by atoms with Gasteiger partial charge >= 0.3 is 11.9 Å². The zero-order valence-corrected chi connectivity index (χ0v) is 14.3. The molecule has 2 rings (SSSR count). The van der Waals surface area contributed by atoms with E-state index in [2.05, 4.69) is 0 Å². The summed E-state index contributed by atoms with van der Waals surface area (Å²) in [5.74, 6) is -1.53. The Morgan fingerprint density at radius 3 is 2.46 bits per heavy atom. The molecule has 0 aliphatic carbocycles. The molecule has 1 heterocycles. The Morgan fingerprint density at radius 2 is 1.88 bits per heavy atom. The zero-order valence-electron chi connectivity index (χ0n) is 14.3. The molecule has 0 bridgehead atoms. The number of amides is 1. The quantitative estimate of drug-likeness (QED) is 0.402. The maximum Gasteiger partial charge on any atom is 0.433 e. The van der Waals surface area contributed by atoms with E-state index < -0.39 is 29.3 Å². The van der Waals surface area contributed by atoms with Crippen molar-refractivity contribution in [3.05, 3.63) is 57.8 Å². The van der Waals surface area contributed by atoms with Crippen LogP contribution in [0.25, 0.3) is 0 Å². The Labute approximate surface area is 149 Å². The second-order valence-corrected chi connectivity index (χ2v) is 5.30. The Balaban J connectivity index is 1.84. The van der Waals surface area contributed by atoms with Crippen molar-refractivity contribution in [2.45, 2.75) is 13.5 Å². The number of nitrogens with zero attached hydrogens (tertiary/aromatic N) is 2. The molecule has 0 saturated heterocycles. The van der Waals surface area contributed by atoms with Gasteiger partial charge in [0.05, 0.1) is 12.7 Å². The normalized spacial score (nSPS) is 10.2. The average molecular weight is 362 g/mol. The van der Waals surface area contributed by atoms with Crippen molar-refractivity contribution in [2.24, 2.45) is 0 Å². The molecule has 0 spiro atoms. The van der Waals surface area contributed by atoms with Crippen LogP contribution in [-0.4, -0.2) is 42.0 Å². The molecule has 0 aliphatic rings. The van der Waals surface area contributed by atoms with Crippen molar-refractivity contribution in [3.63, 3.8) is 0 Å². The molecule has 2 aromatic rings. The van der Waals surface area contributed by atoms with Crippen molar-refractivity contribution in [2.75, 3.05) is 20.3 Å². The molecule has 1 amide bonds. The number of carbonyl (C=O) groups excluding carboxylic acids is 2. The first-order valence-electron chi connectivity index (χ1n) is 7.77. The number of hydrogen-bond donors (Lipinski definition) is 0. The third kappa shape index (κ3) is 5.07. The summed E-state index contributed by atoms with van der Waals surface area (Å²) in [5, 5.41) is 10.5. The highest BCUT2D eigenvalue weighted by Crippen LogP contribution is 2.16. The summed E-state index contributed by atoms with van der Waals surface area (Å²) < 4.78 is 14.9. The largest absolute Gasteiger partial charge is 0.494 e. The molecule has 0 fully saturated rings. The molecule has 9 heteroatoms. The van der Waals surface area contributed by atoms with E-state index >= 15 is 0 Å². The molecule has 0 unspecified atom stereocenters. The van der Waals surface area contributed by atoms with Gasteiger partial charge in [-0.3, -0.25) is 14.9 Å². The van der Waals surface area contributed by atoms with E-state index in [1.54, 1.807) is 19.2 Å². The van der Waals surface area contributed by atoms with Gasteiger partial charge in [0.1, 0.15) is 10.7 Å². The van der Waals surface area contributed by atoms with E-state index in [4.69, 9.17) is 13.9 Å². The lowest BCUT2D eigenvalue weighted by atomic mass is 10.2. The lowest BCUT2D eigenvalue weighted by molar-refractivity contribution is -0.402. The van der Waals surface area contributed by atoms with E-state index in [1.807, 2.05) is 19.1 Å². The third-order valence-electron chi connectivity index (χ3n) is 3.38. The van der Waals surface area contributed by atoms with Gasteiger partial charge in [0.25, 0.3) is 5.91 Å². The SMILES string of the molecule is CCOc1ccc(CN(C)C(=O)COC(=O)c2ccc([N+](=O)[O-])o2)cc1. The van der Waals surface area contributed by atoms with Gasteiger partial charge in [-0.2, -0.15) is 0 Å². The first kappa shape index (κ1) is 19.0. The number of furan rings is 1. The number of ether oxygens (including phenoxy) is 2. The number of nitro groups is 1. The summed E-state index contributed by atoms with van der Waals surface area (Å²) in [5.41, 5.74) is 0.886. The van der Waals surface area contributed by atoms with Gasteiger partial charge in [0.15, 0.2) is 6.61 Å². The molecule has 0 aliphatic heterocycles. The first-order chi connectivity index (χ1) is 12.4. The zero-order chi connectivity index (χ0) is 19.1. The summed E-state index contributed by atoms with van der Waals surface area (Å²) in [6.07, 6.45) is 0. The molecule has 26 heavy (non-hydrogen) atoms. The summed E-state index contributed by atoms with van der Waals surface area (Å²) in [4.78, 5) is 34.9. The number of rotatable bonds is 8. The standard InChI is InChI=1S/C17H18N2O7/c1-3-24-13-6-4-12(5-7-13)10-18(2)15(20)11-25-17(21)14-8-9-16(26-14)19(22)23/h4-9H,3,10-11H2,1-2H3. The molecule has 0 saturated carbocycles. The topological polar surface area (TPSA) is 112 Å². The van der Waals surface area contributed by atoms with Gasteiger partial charge in [0, 0.05) is 13.6 Å². The highest BCUT2D eigenvalue weighted by atomic mass is 16.7. The van der Waals surface area contributed by atoms with Gasteiger partial charge < -0.3 is 18.8 Å². The maximum absolute atomic E-state index is 12.1. The summed E-state index contributed by atoms with van der Waals surface area (Å²) in [6.45, 7) is 2.29. The highest BCUT2D eigenvalue weighted by molar-refractivity contribution is 5.89. The molecule has 0 N–H and O–H groups in total. The van der Waals surface area contributed by atoms with Gasteiger partial charge in [0.2, 0.25) is 5.76 Å². The van der Waals surface area contributed by atoms with E-state index in [9.17, 15) is 19.7 Å². The number of esters is 1. The lowest BCUT2D eigenvalue weighted by Gasteiger charge is -2.17. The number of hydrogen-bond acceptors (Lipinski definition) is 7. The minimum absolute atomic E-state index is 0.328. The fraction of sp³-hybridized carbons (Fsp3) is 0.294. The van der Waals surface area contributed by atoms with Gasteiger partial charge in [-0.05, 0) is 30.7 Å². The lowest BCUT2D eigenvalue weighted by Crippen LogP contribution is -2.30. The summed E-state index contributed by atoms with van der Waals surface area (Å²) in [6, 6.07) is 9.44. The van der Waals surface area contributed by atoms with Crippen LogP contribution in [0.4, 0.5) is 5.88 Å². The number of likely N-dealkylation sites (N-methyl/N-ethyl adjacent to an activating group) is 1. The van der Waals surface area contributed by atoms with Gasteiger partial charge in [-0.25, -0.2) is 4.79 Å². The minimum atomic E-state index is -0.944. The van der Waals surface area contributed by atoms with Crippen LogP contribution >= 0.6 is 0 Å². The first-order valence-corrected chi connectivity index (χ1v) is 7.77. The van der Waals surface area contributed by atoms with E-state index in [0.717, 1.165) is 23.4 Å². The Bertz CT molecular complexity index is 783. The molecular weight excluding hydrogens is 344 g/mol. The maximum atomic E-state index is 12.1. The highest BCUT2D eigenvalue weighted by Gasteiger charge is 2.20. The Kier molecular flexibility index (Phi) is 6.31. The van der Waals surface area contributed by atoms with E-state index in [1.165, 1.54) is 4.90 Å². The average Bonchev–Trinajstić information content (AvgIpc) is 3.11. The van der Waals surface area contributed by atoms with Crippen LogP contribution in [0.1, 0.15) is 23.0 Å². The van der Waals surface area contributed by atoms with Crippen LogP contribution in [0, 0.1) is 10.1 Å². The molecule has 1 aromatic heterocycles. The summed E-state index contributed by atoms with van der Waals surface area (Å²) in [7, 11) is 1.57. The fourth-order valence-corrected chi connectivity index (χ4v) is 2.06. The van der Waals surface area contributed by atoms with Crippen molar-refractivity contribution in [1.82, 2.24) is 4.90 Å². The predicted octanol–water partition coefficient (Wildman–Crippen LogP) is 2.40. The van der Waals surface area contributed by atoms with Gasteiger partial charge in [-0.15, -0.1) is 0 Å². The van der Waals surface area contributed by atoms with Crippen LogP contribution < -0.4 is 4.74 Å². The second-order valence-electron chi connectivity index (χ2n) is 5.30. The van der Waals surface area contributed by atoms with Crippen LogP contribution in [0.2, 0.25) is 0 Å². The van der Waals surface area contributed by atoms with E-state index in [0.29, 0.717) is 13.2 Å². The molecule has 9 nitrogen and oxygen atoms in total. The molecule has 0 radical (unpaired) electrons. The van der Waals surface area contributed by atoms with Crippen molar-refractivity contribution >= 4 is 17.8 Å². The Morgan fingerprint density at radius 1 is 1.19 bits per heavy atom. The number of carbonyl (C=O) groups is 2. The van der Waals surface area contributed by atoms with Crippen LogP contribution in [0.5, 0.6) is 5.75 Å². The molecular formula is C17H18N2O7. The van der Waals surface area contributed by atoms with Crippen LogP contribution in [0.3, 0.4) is 0 Å². The minimum Gasteiger partial charge on any atom is -0.494 e. The molecule has 0 atom stereocenters. The second kappa shape index (κ2) is 8.65. The van der Waals surface area contributed by atoms with Crippen LogP contribution in [0.15, 0.2) is 40.8 Å². The van der Waals surface area contributed by atoms with Crippen LogP contribution in [-0.2, 0) is 16.1 Å². The van der Waals surface area contributed by atoms with E-state index in [-0.39, 0.29) is 5.76 Å². The van der Waals surface area contributed by atoms with Crippen molar-refractivity contribution in [1.29, 1.82) is 0 Å².